The molecule has 0 atom stereocenters. The van der Waals surface area contributed by atoms with Gasteiger partial charge in [0, 0.05) is 41.6 Å². The molecule has 304 valence electrons. The Morgan fingerprint density at radius 3 is 1.31 bits per heavy atom. The Balaban J connectivity index is 0.739. The van der Waals surface area contributed by atoms with Gasteiger partial charge in [0.15, 0.2) is 0 Å². The molecule has 6 aromatic rings. The molecule has 12 heteroatoms. The third-order valence-electron chi connectivity index (χ3n) is 9.81. The number of aryl methyl sites for hydroxylation is 4. The van der Waals surface area contributed by atoms with E-state index in [1.165, 1.54) is 11.1 Å². The van der Waals surface area contributed by atoms with Crippen LogP contribution in [0.15, 0.2) is 118 Å². The number of rotatable bonds is 28. The van der Waals surface area contributed by atoms with Gasteiger partial charge in [-0.05, 0) is 86.7 Å². The van der Waals surface area contributed by atoms with Crippen molar-refractivity contribution >= 4 is 8.25 Å². The molecule has 2 heterocycles. The molecule has 2 N–H and O–H groups in total. The van der Waals surface area contributed by atoms with Crippen molar-refractivity contribution < 1.29 is 22.7 Å². The number of hydrogen-bond acceptors (Lipinski definition) is 11. The molecule has 0 aliphatic rings. The number of aromatic nitrogens is 4. The number of nitrogens with one attached hydrogen (secondary N) is 2. The number of benzene rings is 4. The summed E-state index contributed by atoms with van der Waals surface area (Å²) in [4.78, 5) is 9.19. The van der Waals surface area contributed by atoms with Crippen LogP contribution in [0.3, 0.4) is 0 Å². The van der Waals surface area contributed by atoms with E-state index in [2.05, 4.69) is 116 Å². The average Bonchev–Trinajstić information content (AvgIpc) is 3.95. The summed E-state index contributed by atoms with van der Waals surface area (Å²) >= 11 is 0. The molecule has 0 saturated heterocycles. The second kappa shape index (κ2) is 24.8. The molecular weight excluding hydrogens is 748 g/mol. The largest absolute Gasteiger partial charge is 0.697 e. The predicted octanol–water partition coefficient (Wildman–Crippen LogP) is 10.0. The topological polar surface area (TPSA) is 137 Å². The predicted molar refractivity (Wildman–Crippen MR) is 227 cm³/mol. The SMILES string of the molecule is O=[P+](OCCCNCc1ccc(-c2noc(CCCCCc3ccccc3)n2)cc1)OCCCNCc1ccc(-c2noc(CCCCCc3ccccc3)n2)cc1. The van der Waals surface area contributed by atoms with Crippen LogP contribution < -0.4 is 10.6 Å². The van der Waals surface area contributed by atoms with Crippen LogP contribution in [0, 0.1) is 0 Å². The van der Waals surface area contributed by atoms with Crippen molar-refractivity contribution in [3.05, 3.63) is 143 Å². The van der Waals surface area contributed by atoms with Gasteiger partial charge in [-0.15, -0.1) is 9.05 Å². The lowest BCUT2D eigenvalue weighted by Crippen LogP contribution is -2.16. The van der Waals surface area contributed by atoms with Gasteiger partial charge >= 0.3 is 8.25 Å². The normalized spacial score (nSPS) is 11.3. The zero-order valence-corrected chi connectivity index (χ0v) is 34.3. The van der Waals surface area contributed by atoms with E-state index in [0.29, 0.717) is 36.6 Å². The number of hydrogen-bond donors (Lipinski definition) is 2. The van der Waals surface area contributed by atoms with E-state index in [1.54, 1.807) is 0 Å². The summed E-state index contributed by atoms with van der Waals surface area (Å²) in [7, 11) is -2.13. The van der Waals surface area contributed by atoms with Gasteiger partial charge < -0.3 is 19.7 Å². The molecule has 0 aliphatic carbocycles. The summed E-state index contributed by atoms with van der Waals surface area (Å²) in [5, 5.41) is 15.2. The molecule has 0 fully saturated rings. The first-order valence-electron chi connectivity index (χ1n) is 20.7. The highest BCUT2D eigenvalue weighted by Gasteiger charge is 2.19. The average molecular weight is 804 g/mol. The molecule has 58 heavy (non-hydrogen) atoms. The Kier molecular flexibility index (Phi) is 18.2. The van der Waals surface area contributed by atoms with Crippen molar-refractivity contribution in [1.82, 2.24) is 30.9 Å². The molecule has 0 spiro atoms. The molecular formula is C46H56N6O5P+. The van der Waals surface area contributed by atoms with Gasteiger partial charge in [-0.1, -0.05) is 132 Å². The molecule has 0 unspecified atom stereocenters. The highest BCUT2D eigenvalue weighted by Crippen LogP contribution is 2.24. The first-order chi connectivity index (χ1) is 28.7. The van der Waals surface area contributed by atoms with E-state index >= 15 is 0 Å². The second-order valence-electron chi connectivity index (χ2n) is 14.5. The molecule has 0 aliphatic heterocycles. The molecule has 4 aromatic carbocycles. The smallest absolute Gasteiger partial charge is 0.339 e. The fourth-order valence-corrected chi connectivity index (χ4v) is 7.15. The van der Waals surface area contributed by atoms with Gasteiger partial charge in [0.1, 0.15) is 13.2 Å². The van der Waals surface area contributed by atoms with E-state index in [-0.39, 0.29) is 0 Å². The van der Waals surface area contributed by atoms with Crippen molar-refractivity contribution in [2.24, 2.45) is 0 Å². The molecule has 6 rings (SSSR count). The van der Waals surface area contributed by atoms with E-state index in [1.807, 2.05) is 24.3 Å². The minimum Gasteiger partial charge on any atom is -0.339 e. The summed E-state index contributed by atoms with van der Waals surface area (Å²) in [6.45, 7) is 3.64. The maximum absolute atomic E-state index is 12.1. The van der Waals surface area contributed by atoms with E-state index in [9.17, 15) is 4.57 Å². The van der Waals surface area contributed by atoms with Gasteiger partial charge in [-0.25, -0.2) is 0 Å². The van der Waals surface area contributed by atoms with Crippen LogP contribution >= 0.6 is 8.25 Å². The third-order valence-corrected chi connectivity index (χ3v) is 10.6. The van der Waals surface area contributed by atoms with Crippen molar-refractivity contribution in [2.75, 3.05) is 26.3 Å². The van der Waals surface area contributed by atoms with Crippen molar-refractivity contribution in [3.8, 4) is 22.8 Å². The first-order valence-corrected chi connectivity index (χ1v) is 21.8. The molecule has 11 nitrogen and oxygen atoms in total. The highest BCUT2D eigenvalue weighted by molar-refractivity contribution is 7.33. The van der Waals surface area contributed by atoms with E-state index < -0.39 is 8.25 Å². The number of unbranched alkanes of at least 4 members (excludes halogenated alkanes) is 4. The maximum Gasteiger partial charge on any atom is 0.697 e. The molecule has 0 saturated carbocycles. The lowest BCUT2D eigenvalue weighted by molar-refractivity contribution is 0.220. The third kappa shape index (κ3) is 15.5. The van der Waals surface area contributed by atoms with Crippen LogP contribution in [0.25, 0.3) is 22.8 Å². The van der Waals surface area contributed by atoms with Crippen molar-refractivity contribution in [3.63, 3.8) is 0 Å². The van der Waals surface area contributed by atoms with Gasteiger partial charge in [-0.2, -0.15) is 9.97 Å². The summed E-state index contributed by atoms with van der Waals surface area (Å²) in [5.74, 6) is 2.62. The zero-order chi connectivity index (χ0) is 39.9. The quantitative estimate of drug-likeness (QED) is 0.0362. The van der Waals surface area contributed by atoms with Crippen LogP contribution in [0.1, 0.15) is 85.4 Å². The van der Waals surface area contributed by atoms with Crippen molar-refractivity contribution in [1.29, 1.82) is 0 Å². The van der Waals surface area contributed by atoms with Gasteiger partial charge in [-0.3, -0.25) is 0 Å². The summed E-state index contributed by atoms with van der Waals surface area (Å²) < 4.78 is 33.9. The standard InChI is InChI=1S/C46H56N6O5P/c53-58(54-33-13-31-47-35-39-23-27-41(28-24-39)45-49-43(56-51-45)21-11-3-9-19-37-15-5-1-6-16-37)55-34-14-32-48-36-40-25-29-42(30-26-40)46-50-44(57-52-46)22-12-4-10-20-38-17-7-2-8-18-38/h1-2,5-8,15-18,23-30,47-48H,3-4,9-14,19-22,31-36H2/q+1. The monoisotopic (exact) mass is 803 g/mol. The lowest BCUT2D eigenvalue weighted by Gasteiger charge is -2.04. The van der Waals surface area contributed by atoms with Gasteiger partial charge in [0.05, 0.1) is 0 Å². The van der Waals surface area contributed by atoms with Crippen LogP contribution in [-0.4, -0.2) is 46.6 Å². The minimum absolute atomic E-state index is 0.364. The molecule has 0 amide bonds. The van der Waals surface area contributed by atoms with Gasteiger partial charge in [0.2, 0.25) is 23.4 Å². The summed E-state index contributed by atoms with van der Waals surface area (Å²) in [6.07, 6.45) is 11.9. The second-order valence-corrected chi connectivity index (χ2v) is 15.4. The summed E-state index contributed by atoms with van der Waals surface area (Å²) in [6, 6.07) is 37.5. The zero-order valence-electron chi connectivity index (χ0n) is 33.4. The van der Waals surface area contributed by atoms with Crippen molar-refractivity contribution in [2.45, 2.75) is 90.1 Å². The number of nitrogens with zero attached hydrogens (tertiary/aromatic N) is 4. The first kappa shape index (κ1) is 42.7. The van der Waals surface area contributed by atoms with Crippen LogP contribution in [0.4, 0.5) is 0 Å². The lowest BCUT2D eigenvalue weighted by atomic mass is 10.1. The fourth-order valence-electron chi connectivity index (χ4n) is 6.52. The van der Waals surface area contributed by atoms with Crippen LogP contribution in [-0.2, 0) is 52.4 Å². The Morgan fingerprint density at radius 1 is 0.466 bits per heavy atom. The van der Waals surface area contributed by atoms with Gasteiger partial charge in [0.25, 0.3) is 0 Å². The Labute approximate surface area is 343 Å². The van der Waals surface area contributed by atoms with Crippen LogP contribution in [0.5, 0.6) is 0 Å². The van der Waals surface area contributed by atoms with E-state index in [4.69, 9.17) is 18.1 Å². The maximum atomic E-state index is 12.1. The minimum atomic E-state index is -2.13. The molecule has 0 radical (unpaired) electrons. The molecule has 0 bridgehead atoms. The Morgan fingerprint density at radius 2 is 0.879 bits per heavy atom. The molecule has 2 aromatic heterocycles. The van der Waals surface area contributed by atoms with Crippen LogP contribution in [0.2, 0.25) is 0 Å². The van der Waals surface area contributed by atoms with E-state index in [0.717, 1.165) is 125 Å². The highest BCUT2D eigenvalue weighted by atomic mass is 31.1. The Bertz CT molecular complexity index is 1880. The summed E-state index contributed by atoms with van der Waals surface area (Å²) in [5.41, 5.74) is 6.95. The fraction of sp³-hybridized carbons (Fsp3) is 0.391. The Hall–Kier alpha value is -4.90.